The van der Waals surface area contributed by atoms with Gasteiger partial charge in [-0.1, -0.05) is 25.9 Å². The molecule has 5 heteroatoms. The molecule has 1 aromatic rings. The normalized spacial score (nSPS) is 16.6. The Morgan fingerprint density at radius 3 is 2.58 bits per heavy atom. The van der Waals surface area contributed by atoms with Crippen LogP contribution in [0.15, 0.2) is 4.52 Å². The zero-order chi connectivity index (χ0) is 14.5. The SMILES string of the molecule is CCOC(C)(CC)c1noc(CC(N)CC(C)C)n1. The van der Waals surface area contributed by atoms with Crippen molar-refractivity contribution in [2.45, 2.75) is 65.5 Å². The van der Waals surface area contributed by atoms with Gasteiger partial charge in [-0.25, -0.2) is 0 Å². The van der Waals surface area contributed by atoms with Crippen LogP contribution in [0.2, 0.25) is 0 Å². The van der Waals surface area contributed by atoms with Crippen LogP contribution in [0.3, 0.4) is 0 Å². The lowest BCUT2D eigenvalue weighted by Crippen LogP contribution is -2.27. The number of nitrogens with two attached hydrogens (primary N) is 1. The highest BCUT2D eigenvalue weighted by atomic mass is 16.5. The van der Waals surface area contributed by atoms with Crippen molar-refractivity contribution in [3.8, 4) is 0 Å². The number of hydrogen-bond donors (Lipinski definition) is 1. The number of rotatable bonds is 8. The van der Waals surface area contributed by atoms with E-state index in [0.29, 0.717) is 30.7 Å². The van der Waals surface area contributed by atoms with Gasteiger partial charge in [-0.3, -0.25) is 0 Å². The number of hydrogen-bond acceptors (Lipinski definition) is 5. The molecule has 110 valence electrons. The lowest BCUT2D eigenvalue weighted by molar-refractivity contribution is -0.0403. The summed E-state index contributed by atoms with van der Waals surface area (Å²) in [7, 11) is 0. The van der Waals surface area contributed by atoms with Gasteiger partial charge in [0.1, 0.15) is 5.60 Å². The van der Waals surface area contributed by atoms with E-state index in [1.807, 2.05) is 13.8 Å². The number of ether oxygens (including phenoxy) is 1. The van der Waals surface area contributed by atoms with Crippen LogP contribution in [0.1, 0.15) is 59.2 Å². The van der Waals surface area contributed by atoms with Crippen molar-refractivity contribution in [2.75, 3.05) is 6.61 Å². The molecule has 2 N–H and O–H groups in total. The van der Waals surface area contributed by atoms with E-state index in [1.54, 1.807) is 0 Å². The summed E-state index contributed by atoms with van der Waals surface area (Å²) in [6.45, 7) is 10.9. The summed E-state index contributed by atoms with van der Waals surface area (Å²) >= 11 is 0. The molecule has 0 fully saturated rings. The maximum absolute atomic E-state index is 6.06. The standard InChI is InChI=1S/C14H27N3O2/c1-6-14(5,18-7-2)13-16-12(19-17-13)9-11(15)8-10(3)4/h10-11H,6-9,15H2,1-5H3. The van der Waals surface area contributed by atoms with Crippen molar-refractivity contribution < 1.29 is 9.26 Å². The molecule has 2 atom stereocenters. The largest absolute Gasteiger partial charge is 0.367 e. The zero-order valence-corrected chi connectivity index (χ0v) is 12.8. The second-order valence-corrected chi connectivity index (χ2v) is 5.62. The Morgan fingerprint density at radius 2 is 2.05 bits per heavy atom. The van der Waals surface area contributed by atoms with Crippen molar-refractivity contribution in [3.05, 3.63) is 11.7 Å². The summed E-state index contributed by atoms with van der Waals surface area (Å²) in [4.78, 5) is 4.44. The van der Waals surface area contributed by atoms with Crippen LogP contribution in [-0.4, -0.2) is 22.8 Å². The summed E-state index contributed by atoms with van der Waals surface area (Å²) < 4.78 is 11.0. The zero-order valence-electron chi connectivity index (χ0n) is 12.8. The first-order valence-corrected chi connectivity index (χ1v) is 7.13. The van der Waals surface area contributed by atoms with Gasteiger partial charge in [-0.2, -0.15) is 4.98 Å². The van der Waals surface area contributed by atoms with Gasteiger partial charge in [0.15, 0.2) is 0 Å². The molecular formula is C14H27N3O2. The quantitative estimate of drug-likeness (QED) is 0.785. The summed E-state index contributed by atoms with van der Waals surface area (Å²) in [5.74, 6) is 1.79. The third kappa shape index (κ3) is 4.58. The maximum Gasteiger partial charge on any atom is 0.228 e. The van der Waals surface area contributed by atoms with Gasteiger partial charge >= 0.3 is 0 Å². The van der Waals surface area contributed by atoms with E-state index in [0.717, 1.165) is 12.8 Å². The molecule has 0 amide bonds. The molecule has 1 aromatic heterocycles. The van der Waals surface area contributed by atoms with Gasteiger partial charge in [-0.15, -0.1) is 0 Å². The highest BCUT2D eigenvalue weighted by molar-refractivity contribution is 5.00. The van der Waals surface area contributed by atoms with Gasteiger partial charge < -0.3 is 15.0 Å². The molecule has 1 rings (SSSR count). The molecule has 5 nitrogen and oxygen atoms in total. The maximum atomic E-state index is 6.06. The van der Waals surface area contributed by atoms with E-state index in [-0.39, 0.29) is 6.04 Å². The van der Waals surface area contributed by atoms with E-state index >= 15 is 0 Å². The minimum absolute atomic E-state index is 0.0632. The molecule has 0 aliphatic carbocycles. The van der Waals surface area contributed by atoms with Gasteiger partial charge in [0.05, 0.1) is 0 Å². The second-order valence-electron chi connectivity index (χ2n) is 5.62. The third-order valence-corrected chi connectivity index (χ3v) is 3.29. The molecule has 2 unspecified atom stereocenters. The fourth-order valence-electron chi connectivity index (χ4n) is 2.11. The Balaban J connectivity index is 2.70. The lowest BCUT2D eigenvalue weighted by atomic mass is 10.0. The molecule has 0 saturated heterocycles. The molecule has 0 radical (unpaired) electrons. The van der Waals surface area contributed by atoms with Crippen LogP contribution in [0.25, 0.3) is 0 Å². The average Bonchev–Trinajstić information content (AvgIpc) is 2.77. The molecule has 0 aromatic carbocycles. The molecule has 0 aliphatic rings. The van der Waals surface area contributed by atoms with E-state index in [9.17, 15) is 0 Å². The summed E-state index contributed by atoms with van der Waals surface area (Å²) in [5.41, 5.74) is 5.58. The first-order chi connectivity index (χ1) is 8.91. The molecule has 19 heavy (non-hydrogen) atoms. The fraction of sp³-hybridized carbons (Fsp3) is 0.857. The highest BCUT2D eigenvalue weighted by Gasteiger charge is 2.31. The molecule has 1 heterocycles. The topological polar surface area (TPSA) is 74.2 Å². The second kappa shape index (κ2) is 7.01. The number of aromatic nitrogens is 2. The monoisotopic (exact) mass is 269 g/mol. The van der Waals surface area contributed by atoms with Crippen LogP contribution in [0.4, 0.5) is 0 Å². The molecule has 0 saturated carbocycles. The van der Waals surface area contributed by atoms with Gasteiger partial charge in [-0.05, 0) is 32.6 Å². The van der Waals surface area contributed by atoms with Crippen molar-refractivity contribution >= 4 is 0 Å². The van der Waals surface area contributed by atoms with Crippen molar-refractivity contribution in [2.24, 2.45) is 11.7 Å². The Bertz CT molecular complexity index is 379. The predicted octanol–water partition coefficient (Wildman–Crippen LogP) is 2.65. The van der Waals surface area contributed by atoms with Crippen molar-refractivity contribution in [1.82, 2.24) is 10.1 Å². The first-order valence-electron chi connectivity index (χ1n) is 7.13. The van der Waals surface area contributed by atoms with Gasteiger partial charge in [0, 0.05) is 19.1 Å². The highest BCUT2D eigenvalue weighted by Crippen LogP contribution is 2.26. The van der Waals surface area contributed by atoms with E-state index in [2.05, 4.69) is 30.9 Å². The molecule has 0 aliphatic heterocycles. The Hall–Kier alpha value is -0.940. The van der Waals surface area contributed by atoms with Gasteiger partial charge in [0.25, 0.3) is 0 Å². The molecule has 0 spiro atoms. The smallest absolute Gasteiger partial charge is 0.228 e. The van der Waals surface area contributed by atoms with Crippen LogP contribution >= 0.6 is 0 Å². The van der Waals surface area contributed by atoms with E-state index < -0.39 is 5.60 Å². The average molecular weight is 269 g/mol. The lowest BCUT2D eigenvalue weighted by Gasteiger charge is -2.23. The van der Waals surface area contributed by atoms with E-state index in [4.69, 9.17) is 15.0 Å². The number of nitrogens with zero attached hydrogens (tertiary/aromatic N) is 2. The summed E-state index contributed by atoms with van der Waals surface area (Å²) in [5, 5.41) is 4.04. The van der Waals surface area contributed by atoms with Gasteiger partial charge in [0.2, 0.25) is 11.7 Å². The van der Waals surface area contributed by atoms with Crippen molar-refractivity contribution in [1.29, 1.82) is 0 Å². The Morgan fingerprint density at radius 1 is 1.37 bits per heavy atom. The summed E-state index contributed by atoms with van der Waals surface area (Å²) in [6, 6.07) is 0.0632. The third-order valence-electron chi connectivity index (χ3n) is 3.29. The Kier molecular flexibility index (Phi) is 5.94. The van der Waals surface area contributed by atoms with Crippen LogP contribution in [-0.2, 0) is 16.8 Å². The predicted molar refractivity (Wildman–Crippen MR) is 74.7 cm³/mol. The Labute approximate surface area is 115 Å². The van der Waals surface area contributed by atoms with Crippen LogP contribution in [0.5, 0.6) is 0 Å². The minimum Gasteiger partial charge on any atom is -0.367 e. The first kappa shape index (κ1) is 16.1. The fourth-order valence-corrected chi connectivity index (χ4v) is 2.11. The summed E-state index contributed by atoms with van der Waals surface area (Å²) in [6.07, 6.45) is 2.38. The molecular weight excluding hydrogens is 242 g/mol. The molecule has 0 bridgehead atoms. The van der Waals surface area contributed by atoms with Crippen molar-refractivity contribution in [3.63, 3.8) is 0 Å². The minimum atomic E-state index is -0.474. The van der Waals surface area contributed by atoms with Crippen LogP contribution in [0, 0.1) is 5.92 Å². The van der Waals surface area contributed by atoms with Crippen LogP contribution < -0.4 is 5.73 Å². The van der Waals surface area contributed by atoms with E-state index in [1.165, 1.54) is 0 Å².